The van der Waals surface area contributed by atoms with Gasteiger partial charge in [-0.1, -0.05) is 6.07 Å². The van der Waals surface area contributed by atoms with E-state index < -0.39 is 16.0 Å². The summed E-state index contributed by atoms with van der Waals surface area (Å²) in [4.78, 5) is 12.9. The molecule has 0 amide bonds. The van der Waals surface area contributed by atoms with Gasteiger partial charge in [-0.25, -0.2) is 13.2 Å². The lowest BCUT2D eigenvalue weighted by Crippen LogP contribution is -2.36. The summed E-state index contributed by atoms with van der Waals surface area (Å²) in [5.41, 5.74) is 0.333. The van der Waals surface area contributed by atoms with E-state index >= 15 is 0 Å². The first kappa shape index (κ1) is 20.0. The Balaban J connectivity index is 1.83. The van der Waals surface area contributed by atoms with Crippen LogP contribution in [0, 0.1) is 0 Å². The largest absolute Gasteiger partial charge is 0.462 e. The van der Waals surface area contributed by atoms with Gasteiger partial charge in [0, 0.05) is 24.6 Å². The number of nitrogens with zero attached hydrogens (tertiary/aromatic N) is 1. The molecule has 1 aromatic heterocycles. The van der Waals surface area contributed by atoms with Crippen molar-refractivity contribution in [2.75, 3.05) is 19.8 Å². The molecule has 0 saturated carbocycles. The number of ether oxygens (including phenoxy) is 2. The summed E-state index contributed by atoms with van der Waals surface area (Å²) < 4.78 is 38.5. The van der Waals surface area contributed by atoms with Crippen molar-refractivity contribution in [3.63, 3.8) is 0 Å². The second-order valence-electron chi connectivity index (χ2n) is 6.26. The second-order valence-corrected chi connectivity index (χ2v) is 9.23. The van der Waals surface area contributed by atoms with E-state index in [1.54, 1.807) is 6.92 Å². The molecular formula is C19H23NO5S2. The molecule has 1 aliphatic heterocycles. The summed E-state index contributed by atoms with van der Waals surface area (Å²) in [5, 5.41) is 1.93. The molecule has 1 aliphatic rings. The topological polar surface area (TPSA) is 72.9 Å². The molecule has 2 heterocycles. The molecule has 0 N–H and O–H groups in total. The lowest BCUT2D eigenvalue weighted by Gasteiger charge is -2.24. The van der Waals surface area contributed by atoms with Crippen LogP contribution in [0.1, 0.15) is 35.0 Å². The van der Waals surface area contributed by atoms with Crippen LogP contribution in [0.2, 0.25) is 0 Å². The molecule has 0 unspecified atom stereocenters. The van der Waals surface area contributed by atoms with Crippen molar-refractivity contribution in [2.24, 2.45) is 0 Å². The predicted octanol–water partition coefficient (Wildman–Crippen LogP) is 3.29. The Hall–Kier alpha value is -1.74. The van der Waals surface area contributed by atoms with E-state index in [1.165, 1.54) is 39.9 Å². The molecule has 0 radical (unpaired) electrons. The molecule has 27 heavy (non-hydrogen) atoms. The van der Waals surface area contributed by atoms with Crippen LogP contribution in [-0.2, 0) is 26.0 Å². The lowest BCUT2D eigenvalue weighted by molar-refractivity contribution is 0.0526. The number of hydrogen-bond acceptors (Lipinski definition) is 6. The fourth-order valence-corrected chi connectivity index (χ4v) is 5.22. The zero-order valence-corrected chi connectivity index (χ0v) is 16.8. The molecule has 1 fully saturated rings. The van der Waals surface area contributed by atoms with Gasteiger partial charge in [0.05, 0.1) is 23.2 Å². The first-order valence-corrected chi connectivity index (χ1v) is 11.2. The summed E-state index contributed by atoms with van der Waals surface area (Å²) >= 11 is 1.52. The van der Waals surface area contributed by atoms with E-state index in [1.807, 2.05) is 17.5 Å². The van der Waals surface area contributed by atoms with Crippen LogP contribution in [-0.4, -0.2) is 44.6 Å². The fraction of sp³-hybridized carbons (Fsp3) is 0.421. The van der Waals surface area contributed by atoms with Gasteiger partial charge in [0.2, 0.25) is 10.0 Å². The normalized spacial score (nSPS) is 17.3. The number of carbonyl (C=O) groups excluding carboxylic acids is 1. The number of hydrogen-bond donors (Lipinski definition) is 0. The van der Waals surface area contributed by atoms with Crippen LogP contribution in [0.3, 0.4) is 0 Å². The molecule has 1 saturated heterocycles. The van der Waals surface area contributed by atoms with Crippen LogP contribution in [0.25, 0.3) is 0 Å². The van der Waals surface area contributed by atoms with Gasteiger partial charge in [0.1, 0.15) is 0 Å². The van der Waals surface area contributed by atoms with Crippen molar-refractivity contribution < 1.29 is 22.7 Å². The lowest BCUT2D eigenvalue weighted by atomic mass is 10.2. The summed E-state index contributed by atoms with van der Waals surface area (Å²) in [6.07, 6.45) is 1.72. The Morgan fingerprint density at radius 3 is 2.67 bits per heavy atom. The van der Waals surface area contributed by atoms with E-state index in [-0.39, 0.29) is 17.6 Å². The highest BCUT2D eigenvalue weighted by Gasteiger charge is 2.29. The van der Waals surface area contributed by atoms with E-state index in [2.05, 4.69) is 0 Å². The van der Waals surface area contributed by atoms with Gasteiger partial charge in [-0.2, -0.15) is 4.31 Å². The highest BCUT2D eigenvalue weighted by molar-refractivity contribution is 7.89. The van der Waals surface area contributed by atoms with Crippen molar-refractivity contribution in [1.82, 2.24) is 4.31 Å². The smallest absolute Gasteiger partial charge is 0.338 e. The van der Waals surface area contributed by atoms with Crippen LogP contribution < -0.4 is 0 Å². The maximum absolute atomic E-state index is 13.2. The van der Waals surface area contributed by atoms with Gasteiger partial charge < -0.3 is 9.47 Å². The van der Waals surface area contributed by atoms with E-state index in [0.29, 0.717) is 25.3 Å². The number of carbonyl (C=O) groups is 1. The molecule has 1 atom stereocenters. The van der Waals surface area contributed by atoms with Gasteiger partial charge in [0.25, 0.3) is 0 Å². The van der Waals surface area contributed by atoms with Crippen molar-refractivity contribution >= 4 is 27.3 Å². The molecule has 6 nitrogen and oxygen atoms in total. The minimum Gasteiger partial charge on any atom is -0.462 e. The molecule has 0 bridgehead atoms. The van der Waals surface area contributed by atoms with Gasteiger partial charge in [-0.3, -0.25) is 0 Å². The second kappa shape index (κ2) is 8.97. The van der Waals surface area contributed by atoms with E-state index in [4.69, 9.17) is 9.47 Å². The Labute approximate surface area is 163 Å². The van der Waals surface area contributed by atoms with Gasteiger partial charge in [-0.15, -0.1) is 11.3 Å². The highest BCUT2D eigenvalue weighted by atomic mass is 32.2. The van der Waals surface area contributed by atoms with Gasteiger partial charge in [-0.05, 0) is 55.5 Å². The number of thiophene rings is 1. The van der Waals surface area contributed by atoms with Crippen LogP contribution in [0.4, 0.5) is 0 Å². The number of esters is 1. The van der Waals surface area contributed by atoms with Crippen LogP contribution >= 0.6 is 11.3 Å². The van der Waals surface area contributed by atoms with E-state index in [0.717, 1.165) is 17.7 Å². The Morgan fingerprint density at radius 2 is 2.07 bits per heavy atom. The number of benzene rings is 1. The molecule has 8 heteroatoms. The Morgan fingerprint density at radius 1 is 1.30 bits per heavy atom. The summed E-state index contributed by atoms with van der Waals surface area (Å²) in [6, 6.07) is 9.72. The maximum Gasteiger partial charge on any atom is 0.338 e. The number of rotatable bonds is 8. The maximum atomic E-state index is 13.2. The third kappa shape index (κ3) is 4.95. The molecular weight excluding hydrogens is 386 g/mol. The van der Waals surface area contributed by atoms with Crippen molar-refractivity contribution in [3.05, 3.63) is 52.2 Å². The summed E-state index contributed by atoms with van der Waals surface area (Å²) in [6.45, 7) is 3.30. The first-order valence-electron chi connectivity index (χ1n) is 8.92. The van der Waals surface area contributed by atoms with Gasteiger partial charge >= 0.3 is 5.97 Å². The van der Waals surface area contributed by atoms with Crippen molar-refractivity contribution in [1.29, 1.82) is 0 Å². The summed E-state index contributed by atoms with van der Waals surface area (Å²) in [7, 11) is -3.71. The van der Waals surface area contributed by atoms with Crippen molar-refractivity contribution in [2.45, 2.75) is 37.3 Å². The quantitative estimate of drug-likeness (QED) is 0.626. The molecule has 0 spiro atoms. The monoisotopic (exact) mass is 409 g/mol. The zero-order valence-electron chi connectivity index (χ0n) is 15.2. The Kier molecular flexibility index (Phi) is 6.64. The molecule has 1 aromatic carbocycles. The zero-order chi connectivity index (χ0) is 19.3. The number of sulfonamides is 1. The average Bonchev–Trinajstić information content (AvgIpc) is 3.35. The SMILES string of the molecule is CCOC(=O)c1ccc(S(=O)(=O)N(Cc2cccs2)C[C@H]2CCCO2)cc1. The Bertz CT molecular complexity index is 841. The van der Waals surface area contributed by atoms with Crippen LogP contribution in [0.5, 0.6) is 0 Å². The minimum absolute atomic E-state index is 0.0847. The minimum atomic E-state index is -3.71. The third-order valence-corrected chi connectivity index (χ3v) is 7.03. The third-order valence-electron chi connectivity index (χ3n) is 4.35. The molecule has 3 rings (SSSR count). The molecule has 146 valence electrons. The summed E-state index contributed by atoms with van der Waals surface area (Å²) in [5.74, 6) is -0.462. The first-order chi connectivity index (χ1) is 13.0. The molecule has 0 aliphatic carbocycles. The average molecular weight is 410 g/mol. The van der Waals surface area contributed by atoms with Crippen LogP contribution in [0.15, 0.2) is 46.7 Å². The highest BCUT2D eigenvalue weighted by Crippen LogP contribution is 2.24. The van der Waals surface area contributed by atoms with E-state index in [9.17, 15) is 13.2 Å². The predicted molar refractivity (Wildman–Crippen MR) is 103 cm³/mol. The molecule has 2 aromatic rings. The fourth-order valence-electron chi connectivity index (χ4n) is 2.97. The van der Waals surface area contributed by atoms with Crippen molar-refractivity contribution in [3.8, 4) is 0 Å². The van der Waals surface area contributed by atoms with Gasteiger partial charge in [0.15, 0.2) is 0 Å². The standard InChI is InChI=1S/C19H23NO5S2/c1-2-24-19(21)15-7-9-18(10-8-15)27(22,23)20(13-16-5-3-11-25-16)14-17-6-4-12-26-17/h4,6-10,12,16H,2-3,5,11,13-14H2,1H3/t16-/m1/s1.